The largest absolute Gasteiger partial charge is 0.258 e. The van der Waals surface area contributed by atoms with Crippen LogP contribution < -0.4 is 4.68 Å². The number of benzene rings is 1. The molecule has 0 amide bonds. The lowest BCUT2D eigenvalue weighted by Crippen LogP contribution is -2.35. The van der Waals surface area contributed by atoms with E-state index in [0.717, 1.165) is 16.2 Å². The fourth-order valence-corrected chi connectivity index (χ4v) is 4.01. The molecule has 3 heterocycles. The molecule has 0 N–H and O–H groups in total. The molecule has 0 atom stereocenters. The van der Waals surface area contributed by atoms with E-state index in [1.807, 2.05) is 22.4 Å². The van der Waals surface area contributed by atoms with E-state index in [1.54, 1.807) is 17.7 Å². The Bertz CT molecular complexity index is 1030. The number of aromatic nitrogens is 5. The summed E-state index contributed by atoms with van der Waals surface area (Å²) in [7, 11) is 1.99. The molecule has 0 radical (unpaired) electrons. The van der Waals surface area contributed by atoms with E-state index >= 15 is 0 Å². The van der Waals surface area contributed by atoms with Gasteiger partial charge in [0.15, 0.2) is 7.05 Å². The van der Waals surface area contributed by atoms with Crippen LogP contribution in [0.5, 0.6) is 0 Å². The van der Waals surface area contributed by atoms with Crippen LogP contribution in [0.4, 0.5) is 0 Å². The maximum atomic E-state index is 4.52. The van der Waals surface area contributed by atoms with Crippen molar-refractivity contribution < 1.29 is 4.68 Å². The minimum Gasteiger partial charge on any atom is -0.206 e. The molecular weight excluding hydrogens is 294 g/mol. The van der Waals surface area contributed by atoms with Gasteiger partial charge in [-0.25, -0.2) is 9.50 Å². The highest BCUT2D eigenvalue weighted by Crippen LogP contribution is 2.34. The van der Waals surface area contributed by atoms with Gasteiger partial charge in [0.2, 0.25) is 4.96 Å². The molecule has 0 fully saturated rings. The van der Waals surface area contributed by atoms with Crippen molar-refractivity contribution >= 4 is 26.5 Å². The van der Waals surface area contributed by atoms with Crippen molar-refractivity contribution in [2.45, 2.75) is 20.8 Å². The third-order valence-corrected chi connectivity index (χ3v) is 5.20. The predicted molar refractivity (Wildman–Crippen MR) is 87.0 cm³/mol. The van der Waals surface area contributed by atoms with Crippen molar-refractivity contribution in [3.63, 3.8) is 0 Å². The molecule has 0 spiro atoms. The Morgan fingerprint density at radius 1 is 1.18 bits per heavy atom. The van der Waals surface area contributed by atoms with E-state index in [2.05, 4.69) is 48.1 Å². The SMILES string of the molecule is Cc1cc(C)c(C)c(-c2c3sc4ncnn4c3cn[n+]2C)c1. The summed E-state index contributed by atoms with van der Waals surface area (Å²) in [6, 6.07) is 4.45. The molecule has 0 aliphatic heterocycles. The third-order valence-electron chi connectivity index (χ3n) is 4.13. The van der Waals surface area contributed by atoms with Crippen molar-refractivity contribution in [2.75, 3.05) is 0 Å². The second kappa shape index (κ2) is 4.58. The number of hydrogen-bond acceptors (Lipinski definition) is 4. The van der Waals surface area contributed by atoms with Gasteiger partial charge >= 0.3 is 0 Å². The van der Waals surface area contributed by atoms with Gasteiger partial charge in [0.25, 0.3) is 5.69 Å². The molecule has 110 valence electrons. The van der Waals surface area contributed by atoms with Gasteiger partial charge in [0, 0.05) is 0 Å². The van der Waals surface area contributed by atoms with E-state index in [-0.39, 0.29) is 0 Å². The van der Waals surface area contributed by atoms with Gasteiger partial charge in [-0.3, -0.25) is 0 Å². The molecule has 0 unspecified atom stereocenters. The predicted octanol–water partition coefficient (Wildman–Crippen LogP) is 2.76. The van der Waals surface area contributed by atoms with Gasteiger partial charge < -0.3 is 0 Å². The van der Waals surface area contributed by atoms with E-state index in [9.17, 15) is 0 Å². The highest BCUT2D eigenvalue weighted by atomic mass is 32.1. The van der Waals surface area contributed by atoms with E-state index < -0.39 is 0 Å². The molecule has 0 bridgehead atoms. The van der Waals surface area contributed by atoms with E-state index in [1.165, 1.54) is 27.0 Å². The molecule has 0 aliphatic rings. The summed E-state index contributed by atoms with van der Waals surface area (Å²) in [5, 5.41) is 8.82. The van der Waals surface area contributed by atoms with Crippen LogP contribution in [0.1, 0.15) is 16.7 Å². The number of fused-ring (bicyclic) bond motifs is 3. The zero-order valence-corrected chi connectivity index (χ0v) is 13.8. The van der Waals surface area contributed by atoms with Gasteiger partial charge in [-0.05, 0) is 43.1 Å². The van der Waals surface area contributed by atoms with Gasteiger partial charge in [-0.1, -0.05) is 27.6 Å². The zero-order valence-electron chi connectivity index (χ0n) is 13.0. The number of rotatable bonds is 1. The summed E-state index contributed by atoms with van der Waals surface area (Å²) in [6.07, 6.45) is 3.44. The Hall–Kier alpha value is -2.34. The Morgan fingerprint density at radius 2 is 2.00 bits per heavy atom. The first-order valence-electron chi connectivity index (χ1n) is 7.12. The number of hydrogen-bond donors (Lipinski definition) is 0. The molecule has 0 saturated heterocycles. The first-order valence-corrected chi connectivity index (χ1v) is 7.93. The van der Waals surface area contributed by atoms with Crippen LogP contribution in [0.3, 0.4) is 0 Å². The number of thiazole rings is 1. The molecule has 5 nitrogen and oxygen atoms in total. The monoisotopic (exact) mass is 310 g/mol. The molecule has 3 aromatic heterocycles. The molecular formula is C16H16N5S+. The summed E-state index contributed by atoms with van der Waals surface area (Å²) in [6.45, 7) is 6.45. The fraction of sp³-hybridized carbons (Fsp3) is 0.250. The van der Waals surface area contributed by atoms with Crippen LogP contribution >= 0.6 is 11.3 Å². The van der Waals surface area contributed by atoms with Gasteiger partial charge in [-0.2, -0.15) is 5.10 Å². The average Bonchev–Trinajstić information content (AvgIpc) is 3.03. The van der Waals surface area contributed by atoms with Crippen LogP contribution in [0.25, 0.3) is 26.4 Å². The lowest BCUT2D eigenvalue weighted by atomic mass is 9.97. The lowest BCUT2D eigenvalue weighted by Gasteiger charge is -2.08. The first-order chi connectivity index (χ1) is 10.6. The van der Waals surface area contributed by atoms with Crippen LogP contribution in [0, 0.1) is 20.8 Å². The lowest BCUT2D eigenvalue weighted by molar-refractivity contribution is -0.719. The van der Waals surface area contributed by atoms with Crippen LogP contribution in [0.2, 0.25) is 0 Å². The van der Waals surface area contributed by atoms with Gasteiger partial charge in [-0.15, -0.1) is 0 Å². The highest BCUT2D eigenvalue weighted by Gasteiger charge is 2.23. The Morgan fingerprint density at radius 3 is 2.82 bits per heavy atom. The maximum absolute atomic E-state index is 4.52. The molecule has 4 aromatic rings. The van der Waals surface area contributed by atoms with E-state index in [0.29, 0.717) is 0 Å². The van der Waals surface area contributed by atoms with Gasteiger partial charge in [0.05, 0.1) is 5.56 Å². The second-order valence-corrected chi connectivity index (χ2v) is 6.62. The summed E-state index contributed by atoms with van der Waals surface area (Å²) < 4.78 is 4.97. The summed E-state index contributed by atoms with van der Waals surface area (Å²) in [4.78, 5) is 5.21. The Balaban J connectivity index is 2.16. The van der Waals surface area contributed by atoms with Crippen LogP contribution in [0.15, 0.2) is 24.7 Å². The van der Waals surface area contributed by atoms with Crippen LogP contribution in [-0.2, 0) is 7.05 Å². The molecule has 6 heteroatoms. The second-order valence-electron chi connectivity index (χ2n) is 5.64. The molecule has 22 heavy (non-hydrogen) atoms. The summed E-state index contributed by atoms with van der Waals surface area (Å²) >= 11 is 1.65. The first kappa shape index (κ1) is 13.3. The molecule has 0 saturated carbocycles. The number of nitrogens with zero attached hydrogens (tertiary/aromatic N) is 5. The van der Waals surface area contributed by atoms with Crippen molar-refractivity contribution in [3.05, 3.63) is 41.3 Å². The normalized spacial score (nSPS) is 11.6. The number of aryl methyl sites for hydroxylation is 3. The van der Waals surface area contributed by atoms with Crippen LogP contribution in [-0.4, -0.2) is 19.7 Å². The van der Waals surface area contributed by atoms with Crippen molar-refractivity contribution in [2.24, 2.45) is 7.05 Å². The minimum absolute atomic E-state index is 0.895. The smallest absolute Gasteiger partial charge is 0.206 e. The fourth-order valence-electron chi connectivity index (χ4n) is 2.92. The molecule has 1 aromatic carbocycles. The third kappa shape index (κ3) is 1.77. The van der Waals surface area contributed by atoms with Gasteiger partial charge in [0.1, 0.15) is 22.7 Å². The minimum atomic E-state index is 0.895. The maximum Gasteiger partial charge on any atom is 0.258 e. The van der Waals surface area contributed by atoms with E-state index in [4.69, 9.17) is 0 Å². The molecule has 4 rings (SSSR count). The van der Waals surface area contributed by atoms with Crippen molar-refractivity contribution in [3.8, 4) is 11.3 Å². The Kier molecular flexibility index (Phi) is 2.77. The zero-order chi connectivity index (χ0) is 15.4. The summed E-state index contributed by atoms with van der Waals surface area (Å²) in [5.74, 6) is 0. The summed E-state index contributed by atoms with van der Waals surface area (Å²) in [5.41, 5.74) is 7.20. The standard InChI is InChI=1S/C16H16N5S/c1-9-5-10(2)11(3)12(6-9)14-15-13(7-18-20(14)4)21-16(22-15)17-8-19-21/h5-8H,1-4H3/q+1. The molecule has 0 aliphatic carbocycles. The van der Waals surface area contributed by atoms with Crippen molar-refractivity contribution in [1.29, 1.82) is 0 Å². The quantitative estimate of drug-likeness (QED) is 0.508. The topological polar surface area (TPSA) is 47.0 Å². The average molecular weight is 310 g/mol. The highest BCUT2D eigenvalue weighted by molar-refractivity contribution is 7.24. The Labute approximate surface area is 131 Å². The van der Waals surface area contributed by atoms with Crippen molar-refractivity contribution in [1.82, 2.24) is 19.7 Å².